The lowest BCUT2D eigenvalue weighted by Crippen LogP contribution is -1.91. The van der Waals surface area contributed by atoms with Crippen LogP contribution in [0.4, 0.5) is 0 Å². The summed E-state index contributed by atoms with van der Waals surface area (Å²) in [6.45, 7) is 7.80. The van der Waals surface area contributed by atoms with Crippen LogP contribution in [0.5, 0.6) is 0 Å². The molecule has 2 nitrogen and oxygen atoms in total. The maximum atomic E-state index is 10.2. The lowest BCUT2D eigenvalue weighted by atomic mass is 10.1. The van der Waals surface area contributed by atoms with Crippen LogP contribution in [0.1, 0.15) is 39.5 Å². The standard InChI is InChI=1S/C11H18O2/c1-9(2)5-4-6-10(3)7-8-11(12)13/h7H,1,4-6,8H2,2-3H3,(H,12,13). The van der Waals surface area contributed by atoms with Gasteiger partial charge in [-0.3, -0.25) is 4.79 Å². The Balaban J connectivity index is 3.61. The van der Waals surface area contributed by atoms with E-state index in [-0.39, 0.29) is 6.42 Å². The predicted octanol–water partition coefficient (Wildman–Crippen LogP) is 3.15. The molecule has 0 aromatic rings. The van der Waals surface area contributed by atoms with Gasteiger partial charge in [-0.1, -0.05) is 17.2 Å². The number of carbonyl (C=O) groups is 1. The number of rotatable bonds is 6. The minimum absolute atomic E-state index is 0.138. The molecule has 0 radical (unpaired) electrons. The largest absolute Gasteiger partial charge is 0.481 e. The zero-order valence-electron chi connectivity index (χ0n) is 8.47. The van der Waals surface area contributed by atoms with Gasteiger partial charge in [0.05, 0.1) is 6.42 Å². The minimum Gasteiger partial charge on any atom is -0.481 e. The molecular formula is C11H18O2. The summed E-state index contributed by atoms with van der Waals surface area (Å²) in [4.78, 5) is 10.2. The van der Waals surface area contributed by atoms with Gasteiger partial charge in [-0.15, -0.1) is 6.58 Å². The van der Waals surface area contributed by atoms with Gasteiger partial charge in [0.15, 0.2) is 0 Å². The molecule has 0 aromatic carbocycles. The van der Waals surface area contributed by atoms with E-state index in [1.54, 1.807) is 6.08 Å². The van der Waals surface area contributed by atoms with Crippen molar-refractivity contribution in [1.29, 1.82) is 0 Å². The van der Waals surface area contributed by atoms with Crippen molar-refractivity contribution in [2.24, 2.45) is 0 Å². The Hall–Kier alpha value is -1.05. The number of allylic oxidation sites excluding steroid dienone is 2. The van der Waals surface area contributed by atoms with Crippen molar-refractivity contribution in [3.63, 3.8) is 0 Å². The predicted molar refractivity (Wildman–Crippen MR) is 54.7 cm³/mol. The van der Waals surface area contributed by atoms with Crippen LogP contribution in [-0.4, -0.2) is 11.1 Å². The summed E-state index contributed by atoms with van der Waals surface area (Å²) >= 11 is 0. The van der Waals surface area contributed by atoms with E-state index in [0.29, 0.717) is 0 Å². The van der Waals surface area contributed by atoms with Gasteiger partial charge in [0.1, 0.15) is 0 Å². The molecule has 0 rings (SSSR count). The van der Waals surface area contributed by atoms with Gasteiger partial charge in [-0.2, -0.15) is 0 Å². The first-order valence-electron chi connectivity index (χ1n) is 4.54. The molecular weight excluding hydrogens is 164 g/mol. The molecule has 0 heterocycles. The zero-order chi connectivity index (χ0) is 10.3. The Morgan fingerprint density at radius 1 is 1.38 bits per heavy atom. The molecule has 0 bridgehead atoms. The van der Waals surface area contributed by atoms with Gasteiger partial charge in [-0.05, 0) is 33.1 Å². The summed E-state index contributed by atoms with van der Waals surface area (Å²) in [5, 5.41) is 8.42. The van der Waals surface area contributed by atoms with E-state index in [2.05, 4.69) is 6.58 Å². The molecule has 0 saturated heterocycles. The molecule has 0 saturated carbocycles. The molecule has 0 aliphatic rings. The smallest absolute Gasteiger partial charge is 0.307 e. The lowest BCUT2D eigenvalue weighted by Gasteiger charge is -2.00. The highest BCUT2D eigenvalue weighted by molar-refractivity contribution is 5.68. The van der Waals surface area contributed by atoms with Crippen molar-refractivity contribution >= 4 is 5.97 Å². The third-order valence-electron chi connectivity index (χ3n) is 1.80. The van der Waals surface area contributed by atoms with Gasteiger partial charge < -0.3 is 5.11 Å². The van der Waals surface area contributed by atoms with Crippen LogP contribution in [0.15, 0.2) is 23.8 Å². The minimum atomic E-state index is -0.765. The molecule has 0 aromatic heterocycles. The van der Waals surface area contributed by atoms with Crippen molar-refractivity contribution < 1.29 is 9.90 Å². The molecule has 2 heteroatoms. The summed E-state index contributed by atoms with van der Waals surface area (Å²) in [6, 6.07) is 0. The van der Waals surface area contributed by atoms with Crippen LogP contribution in [-0.2, 0) is 4.79 Å². The SMILES string of the molecule is C=C(C)CCCC(C)=CCC(=O)O. The van der Waals surface area contributed by atoms with Crippen LogP contribution in [0.3, 0.4) is 0 Å². The number of hydrogen-bond donors (Lipinski definition) is 1. The molecule has 0 spiro atoms. The number of carboxylic acid groups (broad SMARTS) is 1. The van der Waals surface area contributed by atoms with Gasteiger partial charge in [0, 0.05) is 0 Å². The van der Waals surface area contributed by atoms with E-state index in [9.17, 15) is 4.79 Å². The fraction of sp³-hybridized carbons (Fsp3) is 0.545. The Morgan fingerprint density at radius 2 is 2.00 bits per heavy atom. The van der Waals surface area contributed by atoms with Crippen LogP contribution in [0.2, 0.25) is 0 Å². The van der Waals surface area contributed by atoms with Crippen molar-refractivity contribution in [3.8, 4) is 0 Å². The topological polar surface area (TPSA) is 37.3 Å². The molecule has 74 valence electrons. The van der Waals surface area contributed by atoms with Crippen molar-refractivity contribution in [2.75, 3.05) is 0 Å². The van der Waals surface area contributed by atoms with Gasteiger partial charge >= 0.3 is 5.97 Å². The van der Waals surface area contributed by atoms with Crippen molar-refractivity contribution in [3.05, 3.63) is 23.8 Å². The normalized spacial score (nSPS) is 11.4. The fourth-order valence-electron chi connectivity index (χ4n) is 1.03. The number of aliphatic carboxylic acids is 1. The molecule has 0 fully saturated rings. The van der Waals surface area contributed by atoms with E-state index in [0.717, 1.165) is 24.8 Å². The Labute approximate surface area is 80.0 Å². The second kappa shape index (κ2) is 6.46. The number of hydrogen-bond acceptors (Lipinski definition) is 1. The molecule has 0 aliphatic carbocycles. The highest BCUT2D eigenvalue weighted by Crippen LogP contribution is 2.10. The second-order valence-corrected chi connectivity index (χ2v) is 3.46. The van der Waals surface area contributed by atoms with E-state index >= 15 is 0 Å². The first kappa shape index (κ1) is 11.9. The average Bonchev–Trinajstić information content (AvgIpc) is 2.00. The molecule has 13 heavy (non-hydrogen) atoms. The van der Waals surface area contributed by atoms with Crippen LogP contribution in [0, 0.1) is 0 Å². The first-order chi connectivity index (χ1) is 6.02. The Morgan fingerprint density at radius 3 is 2.46 bits per heavy atom. The average molecular weight is 182 g/mol. The second-order valence-electron chi connectivity index (χ2n) is 3.46. The summed E-state index contributed by atoms with van der Waals surface area (Å²) in [7, 11) is 0. The highest BCUT2D eigenvalue weighted by atomic mass is 16.4. The summed E-state index contributed by atoms with van der Waals surface area (Å²) in [5.41, 5.74) is 2.34. The maximum absolute atomic E-state index is 10.2. The van der Waals surface area contributed by atoms with Gasteiger partial charge in [0.25, 0.3) is 0 Å². The molecule has 0 atom stereocenters. The monoisotopic (exact) mass is 182 g/mol. The fourth-order valence-corrected chi connectivity index (χ4v) is 1.03. The van der Waals surface area contributed by atoms with E-state index in [1.807, 2.05) is 13.8 Å². The van der Waals surface area contributed by atoms with Crippen LogP contribution >= 0.6 is 0 Å². The summed E-state index contributed by atoms with van der Waals surface area (Å²) in [5.74, 6) is -0.765. The van der Waals surface area contributed by atoms with E-state index in [1.165, 1.54) is 5.57 Å². The third kappa shape index (κ3) is 8.86. The van der Waals surface area contributed by atoms with Crippen molar-refractivity contribution in [2.45, 2.75) is 39.5 Å². The first-order valence-corrected chi connectivity index (χ1v) is 4.54. The summed E-state index contributed by atoms with van der Waals surface area (Å²) < 4.78 is 0. The molecule has 0 aliphatic heterocycles. The Bertz CT molecular complexity index is 214. The van der Waals surface area contributed by atoms with Gasteiger partial charge in [0.2, 0.25) is 0 Å². The highest BCUT2D eigenvalue weighted by Gasteiger charge is 1.94. The number of carboxylic acids is 1. The Kier molecular flexibility index (Phi) is 5.94. The van der Waals surface area contributed by atoms with Crippen LogP contribution in [0.25, 0.3) is 0 Å². The molecule has 1 N–H and O–H groups in total. The van der Waals surface area contributed by atoms with E-state index in [4.69, 9.17) is 5.11 Å². The quantitative estimate of drug-likeness (QED) is 0.641. The lowest BCUT2D eigenvalue weighted by molar-refractivity contribution is -0.136. The summed E-state index contributed by atoms with van der Waals surface area (Å²) in [6.07, 6.45) is 4.98. The molecule has 0 amide bonds. The van der Waals surface area contributed by atoms with Gasteiger partial charge in [-0.25, -0.2) is 0 Å². The zero-order valence-corrected chi connectivity index (χ0v) is 8.47. The van der Waals surface area contributed by atoms with Crippen LogP contribution < -0.4 is 0 Å². The van der Waals surface area contributed by atoms with E-state index < -0.39 is 5.97 Å². The third-order valence-corrected chi connectivity index (χ3v) is 1.80. The van der Waals surface area contributed by atoms with Crippen molar-refractivity contribution in [1.82, 2.24) is 0 Å². The molecule has 0 unspecified atom stereocenters. The maximum Gasteiger partial charge on any atom is 0.307 e.